The summed E-state index contributed by atoms with van der Waals surface area (Å²) in [7, 11) is 0.345. The van der Waals surface area contributed by atoms with E-state index in [1.54, 1.807) is 0 Å². The molecule has 3 nitrogen and oxygen atoms in total. The fraction of sp³-hybridized carbons (Fsp3) is 0.636. The number of amides is 1. The van der Waals surface area contributed by atoms with Crippen molar-refractivity contribution in [3.63, 3.8) is 0 Å². The minimum absolute atomic E-state index is 0.345. The Morgan fingerprint density at radius 2 is 1.28 bits per heavy atom. The van der Waals surface area contributed by atoms with Crippen molar-refractivity contribution in [1.82, 2.24) is 4.90 Å². The molecule has 0 aromatic rings. The summed E-state index contributed by atoms with van der Waals surface area (Å²) in [5, 5.41) is 0. The summed E-state index contributed by atoms with van der Waals surface area (Å²) in [6.45, 7) is 1.93. The van der Waals surface area contributed by atoms with E-state index in [0.29, 0.717) is 13.1 Å². The molecule has 0 radical (unpaired) electrons. The summed E-state index contributed by atoms with van der Waals surface area (Å²) >= 11 is 0. The van der Waals surface area contributed by atoms with E-state index in [9.17, 15) is 57.9 Å². The van der Waals surface area contributed by atoms with E-state index in [0.717, 1.165) is 0 Å². The van der Waals surface area contributed by atoms with Crippen LogP contribution in [-0.4, -0.2) is 60.0 Å². The van der Waals surface area contributed by atoms with Crippen LogP contribution in [0, 0.1) is 0 Å². The first-order valence-electron chi connectivity index (χ1n) is 5.79. The van der Waals surface area contributed by atoms with Crippen LogP contribution in [-0.2, 0) is 9.59 Å². The average Bonchev–Trinajstić information content (AvgIpc) is 2.42. The third-order valence-electron chi connectivity index (χ3n) is 2.78. The van der Waals surface area contributed by atoms with E-state index in [1.807, 2.05) is 0 Å². The van der Waals surface area contributed by atoms with E-state index in [1.165, 1.54) is 0 Å². The highest BCUT2D eigenvalue weighted by atomic mass is 19.4. The van der Waals surface area contributed by atoms with E-state index in [-0.39, 0.29) is 4.90 Å². The molecule has 0 spiro atoms. The quantitative estimate of drug-likeness (QED) is 0.393. The van der Waals surface area contributed by atoms with Crippen molar-refractivity contribution in [3.05, 3.63) is 12.7 Å². The molecule has 1 unspecified atom stereocenters. The van der Waals surface area contributed by atoms with E-state index in [2.05, 4.69) is 6.58 Å². The van der Waals surface area contributed by atoms with Gasteiger partial charge in [-0.15, -0.1) is 6.58 Å². The molecule has 0 aromatic heterocycles. The van der Waals surface area contributed by atoms with Gasteiger partial charge in [0.05, 0.1) is 0 Å². The number of ketones is 1. The molecule has 1 amide bonds. The number of likely N-dealkylation sites (N-methyl/N-ethyl adjacent to an activating group) is 1. The normalized spacial score (nSPS) is 16.2. The van der Waals surface area contributed by atoms with Gasteiger partial charge in [-0.25, -0.2) is 4.39 Å². The van der Waals surface area contributed by atoms with Crippen molar-refractivity contribution in [2.24, 2.45) is 0 Å². The van der Waals surface area contributed by atoms with Gasteiger partial charge in [0.15, 0.2) is 0 Å². The summed E-state index contributed by atoms with van der Waals surface area (Å²) in [4.78, 5) is 22.1. The SMILES string of the molecule is C=CCN(C)C(=O)C(F)(C(=O)C(F)(F)C(F)(F)C(F)(F)F)C(F)(F)F. The van der Waals surface area contributed by atoms with Crippen LogP contribution in [0.25, 0.3) is 0 Å². The van der Waals surface area contributed by atoms with Gasteiger partial charge in [0.2, 0.25) is 0 Å². The molecule has 0 bridgehead atoms. The van der Waals surface area contributed by atoms with Crippen LogP contribution < -0.4 is 0 Å². The van der Waals surface area contributed by atoms with Crippen LogP contribution in [0.3, 0.4) is 0 Å². The van der Waals surface area contributed by atoms with E-state index in [4.69, 9.17) is 0 Å². The van der Waals surface area contributed by atoms with Crippen molar-refractivity contribution >= 4 is 11.7 Å². The minimum atomic E-state index is -7.36. The summed E-state index contributed by atoms with van der Waals surface area (Å²) in [6.07, 6.45) is -13.4. The maximum absolute atomic E-state index is 14.0. The van der Waals surface area contributed by atoms with Crippen LogP contribution in [0.4, 0.5) is 48.3 Å². The lowest BCUT2D eigenvalue weighted by atomic mass is 9.90. The van der Waals surface area contributed by atoms with Crippen LogP contribution in [0.2, 0.25) is 0 Å². The number of hydrogen-bond donors (Lipinski definition) is 0. The Bertz CT molecular complexity index is 551. The number of hydrogen-bond acceptors (Lipinski definition) is 2. The van der Waals surface area contributed by atoms with Gasteiger partial charge in [-0.1, -0.05) is 6.08 Å². The maximum Gasteiger partial charge on any atom is 0.460 e. The second-order valence-electron chi connectivity index (χ2n) is 4.61. The van der Waals surface area contributed by atoms with Crippen molar-refractivity contribution in [2.75, 3.05) is 13.6 Å². The number of carbonyl (C=O) groups is 2. The summed E-state index contributed by atoms with van der Waals surface area (Å²) in [5.74, 6) is -22.3. The molecule has 146 valence electrons. The first-order chi connectivity index (χ1) is 10.8. The lowest BCUT2D eigenvalue weighted by Gasteiger charge is -2.34. The van der Waals surface area contributed by atoms with Gasteiger partial charge in [0.25, 0.3) is 11.7 Å². The third kappa shape index (κ3) is 3.56. The predicted octanol–water partition coefficient (Wildman–Crippen LogP) is 3.30. The van der Waals surface area contributed by atoms with Crippen molar-refractivity contribution in [1.29, 1.82) is 0 Å². The maximum atomic E-state index is 14.0. The van der Waals surface area contributed by atoms with Crippen LogP contribution in [0.15, 0.2) is 12.7 Å². The van der Waals surface area contributed by atoms with Crippen LogP contribution >= 0.6 is 0 Å². The zero-order chi connectivity index (χ0) is 20.6. The standard InChI is InChI=1S/C11H8F11NO2/c1-3-4-23(2)6(25)7(12,10(17,18)19)5(24)8(13,14)9(15,16)11(20,21)22/h3H,1,4H2,2H3. The Morgan fingerprint density at radius 1 is 0.880 bits per heavy atom. The van der Waals surface area contributed by atoms with Gasteiger partial charge in [-0.3, -0.25) is 9.59 Å². The van der Waals surface area contributed by atoms with E-state index >= 15 is 0 Å². The molecule has 0 N–H and O–H groups in total. The Kier molecular flexibility index (Phi) is 5.95. The Balaban J connectivity index is 6.40. The summed E-state index contributed by atoms with van der Waals surface area (Å²) < 4.78 is 140. The van der Waals surface area contributed by atoms with Gasteiger partial charge in [0, 0.05) is 13.6 Å². The molecular weight excluding hydrogens is 387 g/mol. The molecule has 0 fully saturated rings. The average molecular weight is 395 g/mol. The molecule has 0 aromatic carbocycles. The van der Waals surface area contributed by atoms with Crippen molar-refractivity contribution < 1.29 is 57.9 Å². The predicted molar refractivity (Wildman–Crippen MR) is 58.7 cm³/mol. The zero-order valence-electron chi connectivity index (χ0n) is 11.9. The monoisotopic (exact) mass is 395 g/mol. The highest BCUT2D eigenvalue weighted by Gasteiger charge is 2.83. The third-order valence-corrected chi connectivity index (χ3v) is 2.78. The lowest BCUT2D eigenvalue weighted by molar-refractivity contribution is -0.348. The molecule has 1 atom stereocenters. The van der Waals surface area contributed by atoms with Gasteiger partial charge < -0.3 is 4.90 Å². The van der Waals surface area contributed by atoms with Crippen LogP contribution in [0.1, 0.15) is 0 Å². The first-order valence-corrected chi connectivity index (χ1v) is 5.79. The van der Waals surface area contributed by atoms with Gasteiger partial charge in [-0.2, -0.15) is 43.9 Å². The van der Waals surface area contributed by atoms with Crippen LogP contribution in [0.5, 0.6) is 0 Å². The van der Waals surface area contributed by atoms with Gasteiger partial charge in [0.1, 0.15) is 0 Å². The van der Waals surface area contributed by atoms with Crippen molar-refractivity contribution in [2.45, 2.75) is 29.9 Å². The van der Waals surface area contributed by atoms with Gasteiger partial charge >= 0.3 is 29.9 Å². The lowest BCUT2D eigenvalue weighted by Crippen LogP contribution is -2.68. The number of Topliss-reactive ketones (excluding diaryl/α,β-unsaturated/α-hetero) is 1. The first kappa shape index (κ1) is 23.1. The molecule has 0 saturated carbocycles. The molecule has 0 saturated heterocycles. The highest BCUT2D eigenvalue weighted by Crippen LogP contribution is 2.51. The number of alkyl halides is 11. The van der Waals surface area contributed by atoms with Crippen molar-refractivity contribution in [3.8, 4) is 0 Å². The number of halogens is 11. The second kappa shape index (κ2) is 6.44. The Hall–Kier alpha value is -1.89. The Labute approximate surface area is 132 Å². The molecule has 0 rings (SSSR count). The minimum Gasteiger partial charge on any atom is -0.339 e. The highest BCUT2D eigenvalue weighted by molar-refractivity contribution is 6.13. The molecule has 0 aliphatic heterocycles. The number of nitrogens with zero attached hydrogens (tertiary/aromatic N) is 1. The number of rotatable bonds is 6. The molecule has 0 aliphatic rings. The smallest absolute Gasteiger partial charge is 0.339 e. The van der Waals surface area contributed by atoms with E-state index < -0.39 is 48.1 Å². The summed E-state index contributed by atoms with van der Waals surface area (Å²) in [5.41, 5.74) is -6.34. The molecule has 0 aliphatic carbocycles. The largest absolute Gasteiger partial charge is 0.460 e. The fourth-order valence-corrected chi connectivity index (χ4v) is 1.42. The zero-order valence-corrected chi connectivity index (χ0v) is 11.9. The molecule has 0 heterocycles. The fourth-order valence-electron chi connectivity index (χ4n) is 1.42. The van der Waals surface area contributed by atoms with Gasteiger partial charge in [-0.05, 0) is 0 Å². The summed E-state index contributed by atoms with van der Waals surface area (Å²) in [6, 6.07) is 0. The Morgan fingerprint density at radius 3 is 1.56 bits per heavy atom. The molecule has 14 heteroatoms. The molecule has 25 heavy (non-hydrogen) atoms. The number of carbonyl (C=O) groups excluding carboxylic acids is 2. The molecular formula is C11H8F11NO2. The topological polar surface area (TPSA) is 37.4 Å². The second-order valence-corrected chi connectivity index (χ2v) is 4.61.